The van der Waals surface area contributed by atoms with Gasteiger partial charge in [-0.15, -0.1) is 0 Å². The fourth-order valence-corrected chi connectivity index (χ4v) is 8.34. The summed E-state index contributed by atoms with van der Waals surface area (Å²) in [7, 11) is 3.05. The lowest BCUT2D eigenvalue weighted by Gasteiger charge is -2.34. The lowest BCUT2D eigenvalue weighted by molar-refractivity contribution is -0.130. The molecular formula is C58H109N7O7. The molecule has 3 aromatic rings. The molecule has 0 aliphatic carbocycles. The number of allylic oxidation sites excluding steroid dienone is 1. The third-order valence-electron chi connectivity index (χ3n) is 11.3. The van der Waals surface area contributed by atoms with Gasteiger partial charge in [0, 0.05) is 79.9 Å². The maximum Gasteiger partial charge on any atom is 0.245 e. The number of nitrogens with two attached hydrogens (primary N) is 1. The number of hydrogen-bond donors (Lipinski definition) is 4. The molecule has 418 valence electrons. The number of aromatic nitrogens is 1. The Morgan fingerprint density at radius 1 is 1.01 bits per heavy atom. The Hall–Kier alpha value is -4.80. The van der Waals surface area contributed by atoms with Crippen LogP contribution in [0.15, 0.2) is 73.3 Å². The van der Waals surface area contributed by atoms with E-state index in [0.717, 1.165) is 92.6 Å². The summed E-state index contributed by atoms with van der Waals surface area (Å²) in [6, 6.07) is 16.1. The molecule has 1 aromatic heterocycles. The zero-order chi connectivity index (χ0) is 51.4. The van der Waals surface area contributed by atoms with E-state index in [-0.39, 0.29) is 49.9 Å². The maximum atomic E-state index is 11.1. The first kappa shape index (κ1) is 73.7. The fraction of sp³-hybridized carbons (Fsp3) is 0.586. The number of likely N-dealkylation sites (tertiary alicyclic amines) is 1. The minimum atomic E-state index is -0.537. The molecule has 0 unspecified atom stereocenters. The molecule has 14 nitrogen and oxygen atoms in total. The van der Waals surface area contributed by atoms with Gasteiger partial charge in [0.25, 0.3) is 0 Å². The number of fused-ring (bicyclic) bond motifs is 1. The molecule has 2 aromatic carbocycles. The first-order valence-electron chi connectivity index (χ1n) is 24.5. The number of hydrazine groups is 1. The average molecular weight is 1020 g/mol. The number of nitrogens with zero attached hydrogens (tertiary/aromatic N) is 4. The molecule has 2 atom stereocenters. The second-order valence-corrected chi connectivity index (χ2v) is 19.1. The molecule has 0 spiro atoms. The van der Waals surface area contributed by atoms with Crippen LogP contribution in [0.1, 0.15) is 138 Å². The van der Waals surface area contributed by atoms with E-state index in [4.69, 9.17) is 24.9 Å². The molecule has 2 amide bonds. The van der Waals surface area contributed by atoms with E-state index < -0.39 is 5.91 Å². The van der Waals surface area contributed by atoms with E-state index in [2.05, 4.69) is 139 Å². The summed E-state index contributed by atoms with van der Waals surface area (Å²) in [5, 5.41) is 21.1. The third kappa shape index (κ3) is 25.7. The van der Waals surface area contributed by atoms with Crippen LogP contribution in [-0.4, -0.2) is 128 Å². The fourth-order valence-electron chi connectivity index (χ4n) is 8.34. The van der Waals surface area contributed by atoms with Crippen molar-refractivity contribution in [3.63, 3.8) is 0 Å². The van der Waals surface area contributed by atoms with Crippen molar-refractivity contribution in [1.82, 2.24) is 25.0 Å². The number of ether oxygens (including phenoxy) is 2. The standard InChI is InChI=1S/C38H54N4O2.C9H15NO.C4H10.C3H8N2O2.CH2O.3CH4.H2O.3H2/c1-8-19-41-20-13-16-32(40-41)26-44-27-38(5,6)23-34-33-22-31(30-15-12-14-28(9-2)21-30)17-18-36(33)42(11-4)37(34)35(24-39)29(10-3)25-43-7;1-3-9(11)10-6-4-5-8(2)7-10;1-4(2)3;1-5(7)2-3(4)6;1-2;;;;;;;/h10,12,14-15,17-18,21-22,24,32,39-40H,3,8-9,11,13,16,19-20,23,25-27H2,1-2,4-7H3;3,8H,1,4-7H2,2H3;4H,1-3H3;7H,2H2,1H3,(H2,4,6);1H2;3*1H4;1H2;3*1H/b35-29-,39-24?;;;;;;;;;;;/t32-;8-;;;;;;;;;;/m00........../s1. The molecule has 3 heterocycles. The number of amides is 2. The highest BCUT2D eigenvalue weighted by Crippen LogP contribution is 2.39. The molecule has 0 bridgehead atoms. The van der Waals surface area contributed by atoms with E-state index in [1.807, 2.05) is 17.8 Å². The highest BCUT2D eigenvalue weighted by atomic mass is 16.5. The van der Waals surface area contributed by atoms with E-state index in [0.29, 0.717) is 31.8 Å². The number of aryl methyl sites for hydroxylation is 2. The second-order valence-electron chi connectivity index (χ2n) is 19.1. The van der Waals surface area contributed by atoms with E-state index >= 15 is 0 Å². The van der Waals surface area contributed by atoms with Crippen LogP contribution in [0.5, 0.6) is 0 Å². The Kier molecular flexibility index (Phi) is 40.6. The summed E-state index contributed by atoms with van der Waals surface area (Å²) < 4.78 is 14.4. The number of carbonyl (C=O) groups excluding carboxylic acids is 3. The molecular weight excluding hydrogens is 907 g/mol. The van der Waals surface area contributed by atoms with Crippen molar-refractivity contribution in [2.75, 3.05) is 66.7 Å². The van der Waals surface area contributed by atoms with Gasteiger partial charge in [0.2, 0.25) is 11.8 Å². The van der Waals surface area contributed by atoms with Crippen LogP contribution in [-0.2, 0) is 43.2 Å². The SMILES string of the molecule is C.C.C.C=C/C(COC)=C(\C=N)c1c(CC(C)(C)COC[C@@H]2CCCN(CCC)N2)c2cc(-c3cccc(CC)c3)ccc2n1CC.C=CC(=O)N1CCC[C@H](C)C1.C=O.CC(C)C.CN(O)CC(N)=O.O.[HH].[HH].[HH]. The van der Waals surface area contributed by atoms with Crippen molar-refractivity contribution >= 4 is 41.3 Å². The largest absolute Gasteiger partial charge is 0.412 e. The molecule has 5 rings (SSSR count). The van der Waals surface area contributed by atoms with Crippen LogP contribution >= 0.6 is 0 Å². The van der Waals surface area contributed by atoms with Crippen molar-refractivity contribution in [3.05, 3.63) is 90.2 Å². The minimum absolute atomic E-state index is 0. The minimum Gasteiger partial charge on any atom is -0.412 e. The van der Waals surface area contributed by atoms with Gasteiger partial charge in [-0.3, -0.25) is 9.59 Å². The van der Waals surface area contributed by atoms with Crippen molar-refractivity contribution in [3.8, 4) is 11.1 Å². The number of piperidine rings is 1. The number of methoxy groups -OCH3 is 1. The van der Waals surface area contributed by atoms with E-state index in [1.165, 1.54) is 65.3 Å². The summed E-state index contributed by atoms with van der Waals surface area (Å²) in [6.45, 7) is 35.9. The first-order chi connectivity index (χ1) is 32.4. The number of nitrogens with one attached hydrogen (secondary N) is 2. The van der Waals surface area contributed by atoms with Gasteiger partial charge < -0.3 is 45.6 Å². The second kappa shape index (κ2) is 39.7. The number of rotatable bonds is 19. The Bertz CT molecular complexity index is 2040. The molecule has 2 aliphatic rings. The van der Waals surface area contributed by atoms with Gasteiger partial charge in [-0.1, -0.05) is 127 Å². The monoisotopic (exact) mass is 1020 g/mol. The first-order valence-corrected chi connectivity index (χ1v) is 24.5. The van der Waals surface area contributed by atoms with E-state index in [9.17, 15) is 9.59 Å². The molecule has 7 N–H and O–H groups in total. The van der Waals surface area contributed by atoms with Crippen LogP contribution in [0.4, 0.5) is 0 Å². The van der Waals surface area contributed by atoms with Crippen LogP contribution in [0, 0.1) is 22.7 Å². The van der Waals surface area contributed by atoms with Crippen LogP contribution in [0.25, 0.3) is 27.6 Å². The Balaban J connectivity index is -0.000000249. The number of hydroxylamine groups is 2. The Labute approximate surface area is 442 Å². The molecule has 2 fully saturated rings. The third-order valence-corrected chi connectivity index (χ3v) is 11.3. The molecule has 72 heavy (non-hydrogen) atoms. The van der Waals surface area contributed by atoms with Crippen molar-refractivity contribution in [2.24, 2.45) is 23.0 Å². The van der Waals surface area contributed by atoms with Crippen molar-refractivity contribution < 1.29 is 38.8 Å². The van der Waals surface area contributed by atoms with Crippen molar-refractivity contribution in [2.45, 2.75) is 142 Å². The molecule has 0 radical (unpaired) electrons. The predicted molar refractivity (Wildman–Crippen MR) is 313 cm³/mol. The molecule has 14 heteroatoms. The molecule has 2 saturated heterocycles. The number of likely N-dealkylation sites (N-methyl/N-ethyl adjacent to an activating group) is 1. The smallest absolute Gasteiger partial charge is 0.245 e. The summed E-state index contributed by atoms with van der Waals surface area (Å²) >= 11 is 0. The van der Waals surface area contributed by atoms with Gasteiger partial charge in [0.05, 0.1) is 25.5 Å². The maximum absolute atomic E-state index is 11.1. The van der Waals surface area contributed by atoms with Crippen molar-refractivity contribution in [1.29, 1.82) is 5.41 Å². The summed E-state index contributed by atoms with van der Waals surface area (Å²) in [6.07, 6.45) is 12.4. The van der Waals surface area contributed by atoms with Gasteiger partial charge in [-0.2, -0.15) is 5.06 Å². The van der Waals surface area contributed by atoms with Crippen LogP contribution < -0.4 is 11.2 Å². The zero-order valence-corrected chi connectivity index (χ0v) is 44.3. The topological polar surface area (TPSA) is 198 Å². The van der Waals surface area contributed by atoms with Gasteiger partial charge in [0.15, 0.2) is 0 Å². The normalized spacial score (nSPS) is 15.5. The Morgan fingerprint density at radius 2 is 1.64 bits per heavy atom. The predicted octanol–water partition coefficient (Wildman–Crippen LogP) is 11.6. The number of carbonyl (C=O) groups is 3. The summed E-state index contributed by atoms with van der Waals surface area (Å²) in [5.41, 5.74) is 17.3. The number of benzene rings is 2. The zero-order valence-electron chi connectivity index (χ0n) is 44.3. The number of hydrogen-bond acceptors (Lipinski definition) is 10. The van der Waals surface area contributed by atoms with Gasteiger partial charge >= 0.3 is 0 Å². The van der Waals surface area contributed by atoms with Gasteiger partial charge in [-0.25, -0.2) is 10.4 Å². The highest BCUT2D eigenvalue weighted by molar-refractivity contribution is 6.12. The summed E-state index contributed by atoms with van der Waals surface area (Å²) in [4.78, 5) is 30.8. The van der Waals surface area contributed by atoms with E-state index in [1.54, 1.807) is 7.11 Å². The van der Waals surface area contributed by atoms with Gasteiger partial charge in [-0.05, 0) is 115 Å². The highest BCUT2D eigenvalue weighted by Gasteiger charge is 2.28. The molecule has 0 saturated carbocycles. The lowest BCUT2D eigenvalue weighted by Crippen LogP contribution is -2.51. The van der Waals surface area contributed by atoms with Crippen LogP contribution in [0.2, 0.25) is 0 Å². The Morgan fingerprint density at radius 3 is 2.14 bits per heavy atom. The summed E-state index contributed by atoms with van der Waals surface area (Å²) in [5.74, 6) is 1.04. The molecule has 2 aliphatic heterocycles. The van der Waals surface area contributed by atoms with Crippen LogP contribution in [0.3, 0.4) is 0 Å². The van der Waals surface area contributed by atoms with Gasteiger partial charge in [0.1, 0.15) is 13.3 Å². The average Bonchev–Trinajstić information content (AvgIpc) is 3.60. The number of primary amides is 1. The lowest BCUT2D eigenvalue weighted by atomic mass is 9.84. The quantitative estimate of drug-likeness (QED) is 0.0391.